The maximum atomic E-state index is 9.16. The molecule has 0 aromatic heterocycles. The van der Waals surface area contributed by atoms with Crippen molar-refractivity contribution in [1.29, 1.82) is 5.26 Å². The summed E-state index contributed by atoms with van der Waals surface area (Å²) in [5.41, 5.74) is 5.55. The van der Waals surface area contributed by atoms with E-state index in [1.165, 1.54) is 16.7 Å². The van der Waals surface area contributed by atoms with Crippen LogP contribution in [0.5, 0.6) is 0 Å². The summed E-state index contributed by atoms with van der Waals surface area (Å²) in [6.07, 6.45) is 0. The maximum absolute atomic E-state index is 9.16. The molecule has 0 fully saturated rings. The quantitative estimate of drug-likeness (QED) is 0.878. The zero-order valence-corrected chi connectivity index (χ0v) is 13.2. The van der Waals surface area contributed by atoms with Gasteiger partial charge < -0.3 is 5.32 Å². The Morgan fingerprint density at radius 3 is 2.10 bits per heavy atom. The minimum absolute atomic E-state index is 0.438. The van der Waals surface area contributed by atoms with Crippen LogP contribution in [0.25, 0.3) is 0 Å². The summed E-state index contributed by atoms with van der Waals surface area (Å²) in [5.74, 6) is 0. The van der Waals surface area contributed by atoms with E-state index in [0.29, 0.717) is 0 Å². The number of rotatable bonds is 4. The number of nitriles is 1. The van der Waals surface area contributed by atoms with Crippen LogP contribution in [0.1, 0.15) is 36.1 Å². The van der Waals surface area contributed by atoms with Crippen molar-refractivity contribution >= 4 is 5.69 Å². The number of hydrogen-bond acceptors (Lipinski definition) is 2. The average molecular weight is 278 g/mol. The van der Waals surface area contributed by atoms with Crippen LogP contribution < -0.4 is 5.32 Å². The molecule has 0 bridgehead atoms. The number of aryl methyl sites for hydroxylation is 2. The van der Waals surface area contributed by atoms with Gasteiger partial charge in [-0.05, 0) is 51.0 Å². The lowest BCUT2D eigenvalue weighted by Gasteiger charge is -2.16. The van der Waals surface area contributed by atoms with Crippen LogP contribution in [-0.4, -0.2) is 0 Å². The fraction of sp³-hybridized carbons (Fsp3) is 0.316. The summed E-state index contributed by atoms with van der Waals surface area (Å²) in [6, 6.07) is 17.0. The van der Waals surface area contributed by atoms with Gasteiger partial charge in [-0.3, -0.25) is 0 Å². The molecule has 0 aliphatic heterocycles. The largest absolute Gasteiger partial charge is 0.381 e. The molecule has 0 radical (unpaired) electrons. The SMILES string of the molecule is Cc1cc(C)cc(CNc2ccc(C(C)(C)C#N)cc2)c1. The minimum atomic E-state index is -0.438. The number of nitrogens with one attached hydrogen (secondary N) is 1. The predicted molar refractivity (Wildman–Crippen MR) is 88.3 cm³/mol. The fourth-order valence-corrected chi connectivity index (χ4v) is 2.44. The van der Waals surface area contributed by atoms with Crippen LogP contribution in [-0.2, 0) is 12.0 Å². The maximum Gasteiger partial charge on any atom is 0.0766 e. The van der Waals surface area contributed by atoms with Crippen LogP contribution in [0, 0.1) is 25.2 Å². The molecule has 0 aliphatic carbocycles. The highest BCUT2D eigenvalue weighted by Crippen LogP contribution is 2.23. The van der Waals surface area contributed by atoms with E-state index in [2.05, 4.69) is 43.4 Å². The van der Waals surface area contributed by atoms with E-state index in [1.807, 2.05) is 38.1 Å². The van der Waals surface area contributed by atoms with Gasteiger partial charge in [-0.2, -0.15) is 5.26 Å². The van der Waals surface area contributed by atoms with E-state index >= 15 is 0 Å². The Morgan fingerprint density at radius 1 is 1.00 bits per heavy atom. The van der Waals surface area contributed by atoms with Crippen molar-refractivity contribution in [1.82, 2.24) is 0 Å². The first-order valence-electron chi connectivity index (χ1n) is 7.23. The molecule has 2 heteroatoms. The highest BCUT2D eigenvalue weighted by molar-refractivity contribution is 5.47. The summed E-state index contributed by atoms with van der Waals surface area (Å²) in [7, 11) is 0. The molecule has 0 saturated carbocycles. The van der Waals surface area contributed by atoms with E-state index in [0.717, 1.165) is 17.8 Å². The minimum Gasteiger partial charge on any atom is -0.381 e. The van der Waals surface area contributed by atoms with Crippen LogP contribution in [0.15, 0.2) is 42.5 Å². The summed E-state index contributed by atoms with van der Waals surface area (Å²) in [6.45, 7) is 8.92. The molecule has 108 valence electrons. The Bertz CT molecular complexity index is 641. The van der Waals surface area contributed by atoms with Crippen LogP contribution >= 0.6 is 0 Å². The van der Waals surface area contributed by atoms with Crippen LogP contribution in [0.3, 0.4) is 0 Å². The number of nitrogens with zero attached hydrogens (tertiary/aromatic N) is 1. The van der Waals surface area contributed by atoms with Crippen molar-refractivity contribution in [3.63, 3.8) is 0 Å². The van der Waals surface area contributed by atoms with E-state index in [9.17, 15) is 0 Å². The molecule has 0 spiro atoms. The summed E-state index contributed by atoms with van der Waals surface area (Å²) >= 11 is 0. The van der Waals surface area contributed by atoms with Crippen molar-refractivity contribution < 1.29 is 0 Å². The Morgan fingerprint density at radius 2 is 1.57 bits per heavy atom. The lowest BCUT2D eigenvalue weighted by molar-refractivity contribution is 0.687. The van der Waals surface area contributed by atoms with Gasteiger partial charge >= 0.3 is 0 Å². The molecule has 2 rings (SSSR count). The van der Waals surface area contributed by atoms with Gasteiger partial charge in [0.05, 0.1) is 11.5 Å². The Labute approximate surface area is 127 Å². The van der Waals surface area contributed by atoms with Gasteiger partial charge in [-0.15, -0.1) is 0 Å². The number of anilines is 1. The summed E-state index contributed by atoms with van der Waals surface area (Å²) in [5, 5.41) is 12.6. The third-order valence-corrected chi connectivity index (χ3v) is 3.66. The average Bonchev–Trinajstić information content (AvgIpc) is 2.44. The highest BCUT2D eigenvalue weighted by Gasteiger charge is 2.18. The molecule has 0 aliphatic rings. The van der Waals surface area contributed by atoms with E-state index in [4.69, 9.17) is 5.26 Å². The second kappa shape index (κ2) is 6.01. The van der Waals surface area contributed by atoms with Crippen LogP contribution in [0.4, 0.5) is 5.69 Å². The summed E-state index contributed by atoms with van der Waals surface area (Å²) in [4.78, 5) is 0. The number of benzene rings is 2. The smallest absolute Gasteiger partial charge is 0.0766 e. The molecule has 0 heterocycles. The lowest BCUT2D eigenvalue weighted by Crippen LogP contribution is -2.13. The van der Waals surface area contributed by atoms with Gasteiger partial charge in [-0.1, -0.05) is 41.5 Å². The van der Waals surface area contributed by atoms with Crippen molar-refractivity contribution in [2.75, 3.05) is 5.32 Å². The van der Waals surface area contributed by atoms with Gasteiger partial charge in [0.1, 0.15) is 0 Å². The zero-order valence-electron chi connectivity index (χ0n) is 13.2. The van der Waals surface area contributed by atoms with Crippen molar-refractivity contribution in [3.05, 3.63) is 64.7 Å². The second-order valence-corrected chi connectivity index (χ2v) is 6.16. The fourth-order valence-electron chi connectivity index (χ4n) is 2.44. The molecule has 0 atom stereocenters. The topological polar surface area (TPSA) is 35.8 Å². The van der Waals surface area contributed by atoms with E-state index in [1.54, 1.807) is 0 Å². The highest BCUT2D eigenvalue weighted by atomic mass is 14.9. The lowest BCUT2D eigenvalue weighted by atomic mass is 9.86. The third-order valence-electron chi connectivity index (χ3n) is 3.66. The molecule has 2 aromatic rings. The third kappa shape index (κ3) is 3.86. The van der Waals surface area contributed by atoms with Crippen molar-refractivity contribution in [2.24, 2.45) is 0 Å². The normalized spacial score (nSPS) is 11.0. The molecular weight excluding hydrogens is 256 g/mol. The van der Waals surface area contributed by atoms with Crippen molar-refractivity contribution in [3.8, 4) is 6.07 Å². The van der Waals surface area contributed by atoms with Gasteiger partial charge in [-0.25, -0.2) is 0 Å². The Balaban J connectivity index is 2.06. The monoisotopic (exact) mass is 278 g/mol. The van der Waals surface area contributed by atoms with Crippen LogP contribution in [0.2, 0.25) is 0 Å². The molecule has 2 aromatic carbocycles. The Kier molecular flexibility index (Phi) is 4.33. The summed E-state index contributed by atoms with van der Waals surface area (Å²) < 4.78 is 0. The molecule has 0 saturated heterocycles. The van der Waals surface area contributed by atoms with Gasteiger partial charge in [0.2, 0.25) is 0 Å². The van der Waals surface area contributed by atoms with Crippen molar-refractivity contribution in [2.45, 2.75) is 39.7 Å². The molecule has 0 amide bonds. The molecule has 0 unspecified atom stereocenters. The first-order valence-corrected chi connectivity index (χ1v) is 7.23. The zero-order chi connectivity index (χ0) is 15.5. The van der Waals surface area contributed by atoms with Gasteiger partial charge in [0.15, 0.2) is 0 Å². The first-order chi connectivity index (χ1) is 9.90. The standard InChI is InChI=1S/C19H22N2/c1-14-9-15(2)11-16(10-14)12-21-18-7-5-17(6-8-18)19(3,4)13-20/h5-11,21H,12H2,1-4H3. The predicted octanol–water partition coefficient (Wildman–Crippen LogP) is 4.72. The van der Waals surface area contributed by atoms with Gasteiger partial charge in [0.25, 0.3) is 0 Å². The van der Waals surface area contributed by atoms with E-state index < -0.39 is 5.41 Å². The first kappa shape index (κ1) is 15.1. The molecule has 1 N–H and O–H groups in total. The molecule has 2 nitrogen and oxygen atoms in total. The Hall–Kier alpha value is -2.27. The number of hydrogen-bond donors (Lipinski definition) is 1. The van der Waals surface area contributed by atoms with E-state index in [-0.39, 0.29) is 0 Å². The molecular formula is C19H22N2. The van der Waals surface area contributed by atoms with Gasteiger partial charge in [0, 0.05) is 12.2 Å². The second-order valence-electron chi connectivity index (χ2n) is 6.16. The molecule has 21 heavy (non-hydrogen) atoms.